The predicted molar refractivity (Wildman–Crippen MR) is 71.5 cm³/mol. The first kappa shape index (κ1) is 12.4. The Morgan fingerprint density at radius 3 is 2.76 bits per heavy atom. The molecule has 1 aliphatic rings. The maximum Gasteiger partial charge on any atom is 0.119 e. The fourth-order valence-corrected chi connectivity index (χ4v) is 2.37. The van der Waals surface area contributed by atoms with Crippen LogP contribution in [0.4, 0.5) is 0 Å². The van der Waals surface area contributed by atoms with Gasteiger partial charge in [-0.3, -0.25) is 0 Å². The summed E-state index contributed by atoms with van der Waals surface area (Å²) in [5.74, 6) is 1.81. The van der Waals surface area contributed by atoms with Crippen molar-refractivity contribution in [3.05, 3.63) is 29.8 Å². The van der Waals surface area contributed by atoms with Gasteiger partial charge in [0.25, 0.3) is 0 Å². The lowest BCUT2D eigenvalue weighted by Crippen LogP contribution is -2.30. The van der Waals surface area contributed by atoms with Crippen LogP contribution in [0.3, 0.4) is 0 Å². The number of hydrogen-bond donors (Lipinski definition) is 1. The number of piperidine rings is 1. The third-order valence-corrected chi connectivity index (χ3v) is 3.32. The first-order chi connectivity index (χ1) is 8.38. The van der Waals surface area contributed by atoms with Gasteiger partial charge >= 0.3 is 0 Å². The molecule has 2 heteroatoms. The fraction of sp³-hybridized carbons (Fsp3) is 0.600. The molecule has 0 radical (unpaired) electrons. The molecule has 1 fully saturated rings. The molecule has 1 atom stereocenters. The van der Waals surface area contributed by atoms with Gasteiger partial charge in [-0.25, -0.2) is 0 Å². The Kier molecular flexibility index (Phi) is 4.87. The normalized spacial score (nSPS) is 20.2. The van der Waals surface area contributed by atoms with E-state index in [4.69, 9.17) is 4.74 Å². The van der Waals surface area contributed by atoms with E-state index in [0.29, 0.717) is 0 Å². The number of rotatable bonds is 5. The van der Waals surface area contributed by atoms with Crippen molar-refractivity contribution in [2.45, 2.75) is 32.6 Å². The smallest absolute Gasteiger partial charge is 0.119 e. The Hall–Kier alpha value is -1.02. The Morgan fingerprint density at radius 1 is 1.29 bits per heavy atom. The van der Waals surface area contributed by atoms with Gasteiger partial charge in [-0.1, -0.05) is 19.1 Å². The predicted octanol–water partition coefficient (Wildman–Crippen LogP) is 3.02. The molecule has 94 valence electrons. The van der Waals surface area contributed by atoms with E-state index in [2.05, 4.69) is 36.5 Å². The molecule has 1 aliphatic heterocycles. The standard InChI is InChI=1S/C15H23NO/c1-2-10-17-15-7-5-13(6-8-15)11-14-4-3-9-16-12-14/h5-8,14,16H,2-4,9-12H2,1H3. The van der Waals surface area contributed by atoms with Crippen LogP contribution in [0.5, 0.6) is 5.75 Å². The van der Waals surface area contributed by atoms with Crippen LogP contribution < -0.4 is 10.1 Å². The average Bonchev–Trinajstić information content (AvgIpc) is 2.39. The van der Waals surface area contributed by atoms with Crippen molar-refractivity contribution in [1.82, 2.24) is 5.32 Å². The van der Waals surface area contributed by atoms with Gasteiger partial charge in [0.2, 0.25) is 0 Å². The maximum atomic E-state index is 5.59. The van der Waals surface area contributed by atoms with Crippen molar-refractivity contribution in [2.24, 2.45) is 5.92 Å². The van der Waals surface area contributed by atoms with Crippen molar-refractivity contribution in [2.75, 3.05) is 19.7 Å². The van der Waals surface area contributed by atoms with Crippen molar-refractivity contribution in [3.63, 3.8) is 0 Å². The van der Waals surface area contributed by atoms with E-state index in [1.54, 1.807) is 0 Å². The van der Waals surface area contributed by atoms with Gasteiger partial charge in [0.05, 0.1) is 6.61 Å². The molecule has 1 saturated heterocycles. The molecule has 0 amide bonds. The zero-order chi connectivity index (χ0) is 11.9. The molecule has 2 nitrogen and oxygen atoms in total. The van der Waals surface area contributed by atoms with Crippen LogP contribution in [0.1, 0.15) is 31.7 Å². The van der Waals surface area contributed by atoms with Gasteiger partial charge in [0.15, 0.2) is 0 Å². The highest BCUT2D eigenvalue weighted by Crippen LogP contribution is 2.19. The van der Waals surface area contributed by atoms with Crippen LogP contribution in [0.2, 0.25) is 0 Å². The van der Waals surface area contributed by atoms with E-state index < -0.39 is 0 Å². The molecule has 17 heavy (non-hydrogen) atoms. The minimum Gasteiger partial charge on any atom is -0.494 e. The second-order valence-corrected chi connectivity index (χ2v) is 4.91. The quantitative estimate of drug-likeness (QED) is 0.844. The number of ether oxygens (including phenoxy) is 1. The van der Waals surface area contributed by atoms with Crippen LogP contribution in [-0.4, -0.2) is 19.7 Å². The van der Waals surface area contributed by atoms with E-state index in [1.807, 2.05) is 0 Å². The summed E-state index contributed by atoms with van der Waals surface area (Å²) < 4.78 is 5.59. The molecule has 1 aromatic carbocycles. The average molecular weight is 233 g/mol. The Morgan fingerprint density at radius 2 is 2.12 bits per heavy atom. The molecular weight excluding hydrogens is 210 g/mol. The lowest BCUT2D eigenvalue weighted by molar-refractivity contribution is 0.317. The molecule has 2 rings (SSSR count). The lowest BCUT2D eigenvalue weighted by atomic mass is 9.92. The summed E-state index contributed by atoms with van der Waals surface area (Å²) in [6, 6.07) is 8.61. The second-order valence-electron chi connectivity index (χ2n) is 4.91. The van der Waals surface area contributed by atoms with Crippen molar-refractivity contribution < 1.29 is 4.74 Å². The minimum absolute atomic E-state index is 0.811. The molecule has 0 spiro atoms. The molecule has 1 unspecified atom stereocenters. The van der Waals surface area contributed by atoms with Gasteiger partial charge in [0.1, 0.15) is 5.75 Å². The monoisotopic (exact) mass is 233 g/mol. The van der Waals surface area contributed by atoms with Gasteiger partial charge in [-0.15, -0.1) is 0 Å². The number of nitrogens with one attached hydrogen (secondary N) is 1. The van der Waals surface area contributed by atoms with Crippen LogP contribution in [0.15, 0.2) is 24.3 Å². The number of benzene rings is 1. The van der Waals surface area contributed by atoms with Gasteiger partial charge < -0.3 is 10.1 Å². The SMILES string of the molecule is CCCOc1ccc(CC2CCCNC2)cc1. The molecule has 1 N–H and O–H groups in total. The Bertz CT molecular complexity index is 314. The third kappa shape index (κ3) is 4.04. The minimum atomic E-state index is 0.811. The van der Waals surface area contributed by atoms with E-state index in [0.717, 1.165) is 24.7 Å². The van der Waals surface area contributed by atoms with Crippen LogP contribution in [0.25, 0.3) is 0 Å². The zero-order valence-corrected chi connectivity index (χ0v) is 10.7. The summed E-state index contributed by atoms with van der Waals surface area (Å²) in [5.41, 5.74) is 1.43. The molecule has 0 bridgehead atoms. The van der Waals surface area contributed by atoms with E-state index in [9.17, 15) is 0 Å². The zero-order valence-electron chi connectivity index (χ0n) is 10.7. The Labute approximate surface area is 104 Å². The van der Waals surface area contributed by atoms with Crippen molar-refractivity contribution in [1.29, 1.82) is 0 Å². The van der Waals surface area contributed by atoms with E-state index in [1.165, 1.54) is 37.9 Å². The van der Waals surface area contributed by atoms with E-state index in [-0.39, 0.29) is 0 Å². The highest BCUT2D eigenvalue weighted by Gasteiger charge is 2.13. The van der Waals surface area contributed by atoms with Crippen molar-refractivity contribution >= 4 is 0 Å². The summed E-state index contributed by atoms with van der Waals surface area (Å²) in [7, 11) is 0. The topological polar surface area (TPSA) is 21.3 Å². The summed E-state index contributed by atoms with van der Waals surface area (Å²) in [4.78, 5) is 0. The fourth-order valence-electron chi connectivity index (χ4n) is 2.37. The highest BCUT2D eigenvalue weighted by atomic mass is 16.5. The first-order valence-electron chi connectivity index (χ1n) is 6.81. The van der Waals surface area contributed by atoms with Gasteiger partial charge in [-0.2, -0.15) is 0 Å². The highest BCUT2D eigenvalue weighted by molar-refractivity contribution is 5.27. The Balaban J connectivity index is 1.84. The molecule has 1 heterocycles. The third-order valence-electron chi connectivity index (χ3n) is 3.32. The van der Waals surface area contributed by atoms with Crippen molar-refractivity contribution in [3.8, 4) is 5.75 Å². The first-order valence-corrected chi connectivity index (χ1v) is 6.81. The molecular formula is C15H23NO. The summed E-state index contributed by atoms with van der Waals surface area (Å²) >= 11 is 0. The van der Waals surface area contributed by atoms with Crippen LogP contribution in [-0.2, 0) is 6.42 Å². The van der Waals surface area contributed by atoms with Crippen LogP contribution >= 0.6 is 0 Å². The van der Waals surface area contributed by atoms with Gasteiger partial charge in [0, 0.05) is 0 Å². The molecule has 0 aliphatic carbocycles. The van der Waals surface area contributed by atoms with Crippen LogP contribution in [0, 0.1) is 5.92 Å². The van der Waals surface area contributed by atoms with E-state index >= 15 is 0 Å². The maximum absolute atomic E-state index is 5.59. The molecule has 0 saturated carbocycles. The largest absolute Gasteiger partial charge is 0.494 e. The summed E-state index contributed by atoms with van der Waals surface area (Å²) in [5, 5.41) is 3.47. The summed E-state index contributed by atoms with van der Waals surface area (Å²) in [6.45, 7) is 5.31. The molecule has 1 aromatic rings. The summed E-state index contributed by atoms with van der Waals surface area (Å²) in [6.07, 6.45) is 4.94. The number of hydrogen-bond acceptors (Lipinski definition) is 2. The second kappa shape index (κ2) is 6.65. The lowest BCUT2D eigenvalue weighted by Gasteiger charge is -2.22. The van der Waals surface area contributed by atoms with Gasteiger partial charge in [-0.05, 0) is 62.4 Å². The molecule has 0 aromatic heterocycles.